The fourth-order valence-electron chi connectivity index (χ4n) is 4.57. The highest BCUT2D eigenvalue weighted by Crippen LogP contribution is 2.30. The van der Waals surface area contributed by atoms with Crippen molar-refractivity contribution in [1.29, 1.82) is 0 Å². The van der Waals surface area contributed by atoms with Gasteiger partial charge in [-0.1, -0.05) is 35.4 Å². The van der Waals surface area contributed by atoms with Gasteiger partial charge in [0.1, 0.15) is 0 Å². The molecule has 6 nitrogen and oxygen atoms in total. The van der Waals surface area contributed by atoms with Gasteiger partial charge in [0.05, 0.1) is 16.8 Å². The molecule has 3 amide bonds. The standard InChI is InChI=1S/C27H24ClN3O3/c1-17-6-9-20(10-7-17)31-26(33)21-11-8-19(16-22(21)27(31)34)25(32)30-14-12-29(13-15-30)24-5-3-4-23(28)18(24)2/h3-11,16H,12-15H2,1-2H3. The summed E-state index contributed by atoms with van der Waals surface area (Å²) in [4.78, 5) is 44.4. The minimum absolute atomic E-state index is 0.140. The van der Waals surface area contributed by atoms with Gasteiger partial charge in [-0.2, -0.15) is 0 Å². The summed E-state index contributed by atoms with van der Waals surface area (Å²) < 4.78 is 0. The van der Waals surface area contributed by atoms with E-state index < -0.39 is 5.91 Å². The molecule has 0 atom stereocenters. The van der Waals surface area contributed by atoms with E-state index in [1.54, 1.807) is 35.2 Å². The van der Waals surface area contributed by atoms with E-state index >= 15 is 0 Å². The number of fused-ring (bicyclic) bond motifs is 1. The van der Waals surface area contributed by atoms with Crippen LogP contribution in [0.15, 0.2) is 60.7 Å². The quantitative estimate of drug-likeness (QED) is 0.516. The molecule has 2 aliphatic rings. The van der Waals surface area contributed by atoms with Gasteiger partial charge in [0.25, 0.3) is 17.7 Å². The number of nitrogens with zero attached hydrogens (tertiary/aromatic N) is 3. The summed E-state index contributed by atoms with van der Waals surface area (Å²) in [5.74, 6) is -0.910. The summed E-state index contributed by atoms with van der Waals surface area (Å²) in [6.45, 7) is 6.44. The lowest BCUT2D eigenvalue weighted by atomic mass is 10.0. The van der Waals surface area contributed by atoms with E-state index in [0.717, 1.165) is 21.8 Å². The maximum Gasteiger partial charge on any atom is 0.266 e. The number of anilines is 2. The highest BCUT2D eigenvalue weighted by Gasteiger charge is 2.37. The number of carbonyl (C=O) groups excluding carboxylic acids is 3. The second-order valence-electron chi connectivity index (χ2n) is 8.70. The van der Waals surface area contributed by atoms with Crippen molar-refractivity contribution in [3.8, 4) is 0 Å². The van der Waals surface area contributed by atoms with Crippen LogP contribution in [0.1, 0.15) is 42.2 Å². The number of halogens is 1. The first kappa shape index (κ1) is 22.2. The Morgan fingerprint density at radius 2 is 1.50 bits per heavy atom. The summed E-state index contributed by atoms with van der Waals surface area (Å²) >= 11 is 6.27. The minimum Gasteiger partial charge on any atom is -0.368 e. The molecule has 1 saturated heterocycles. The Labute approximate surface area is 203 Å². The smallest absolute Gasteiger partial charge is 0.266 e. The third kappa shape index (κ3) is 3.74. The van der Waals surface area contributed by atoms with Crippen molar-refractivity contribution < 1.29 is 14.4 Å². The molecule has 172 valence electrons. The number of carbonyl (C=O) groups is 3. The van der Waals surface area contributed by atoms with Crippen LogP contribution < -0.4 is 9.80 Å². The molecule has 2 aliphatic heterocycles. The average Bonchev–Trinajstić information content (AvgIpc) is 3.10. The molecule has 5 rings (SSSR count). The first-order valence-corrected chi connectivity index (χ1v) is 11.6. The second-order valence-corrected chi connectivity index (χ2v) is 9.11. The molecule has 7 heteroatoms. The van der Waals surface area contributed by atoms with E-state index in [0.29, 0.717) is 43.0 Å². The molecule has 3 aromatic carbocycles. The molecule has 2 heterocycles. The third-order valence-corrected chi connectivity index (χ3v) is 6.98. The van der Waals surface area contributed by atoms with E-state index in [9.17, 15) is 14.4 Å². The normalized spacial score (nSPS) is 15.7. The number of rotatable bonds is 3. The van der Waals surface area contributed by atoms with Crippen molar-refractivity contribution in [3.05, 3.63) is 93.5 Å². The Bertz CT molecular complexity index is 1310. The van der Waals surface area contributed by atoms with Crippen molar-refractivity contribution in [1.82, 2.24) is 4.90 Å². The second kappa shape index (κ2) is 8.61. The van der Waals surface area contributed by atoms with Crippen LogP contribution in [0.4, 0.5) is 11.4 Å². The summed E-state index contributed by atoms with van der Waals surface area (Å²) in [6, 6.07) is 17.9. The Morgan fingerprint density at radius 3 is 2.21 bits per heavy atom. The van der Waals surface area contributed by atoms with Crippen molar-refractivity contribution in [2.75, 3.05) is 36.0 Å². The van der Waals surface area contributed by atoms with Crippen LogP contribution in [-0.4, -0.2) is 48.8 Å². The molecule has 0 bridgehead atoms. The predicted octanol–water partition coefficient (Wildman–Crippen LogP) is 4.72. The monoisotopic (exact) mass is 473 g/mol. The molecule has 1 fully saturated rings. The molecule has 0 aliphatic carbocycles. The lowest BCUT2D eigenvalue weighted by molar-refractivity contribution is 0.0746. The lowest BCUT2D eigenvalue weighted by Crippen LogP contribution is -2.49. The molecular weight excluding hydrogens is 450 g/mol. The van der Waals surface area contributed by atoms with Crippen LogP contribution in [0, 0.1) is 13.8 Å². The van der Waals surface area contributed by atoms with Gasteiger partial charge in [0, 0.05) is 42.5 Å². The summed E-state index contributed by atoms with van der Waals surface area (Å²) in [5, 5.41) is 0.730. The molecule has 0 spiro atoms. The Kier molecular flexibility index (Phi) is 5.62. The third-order valence-electron chi connectivity index (χ3n) is 6.57. The highest BCUT2D eigenvalue weighted by molar-refractivity contribution is 6.34. The van der Waals surface area contributed by atoms with Gasteiger partial charge < -0.3 is 9.80 Å². The van der Waals surface area contributed by atoms with E-state index in [4.69, 9.17) is 11.6 Å². The van der Waals surface area contributed by atoms with E-state index in [1.165, 1.54) is 4.90 Å². The van der Waals surface area contributed by atoms with Crippen LogP contribution in [0.5, 0.6) is 0 Å². The molecular formula is C27H24ClN3O3. The number of benzene rings is 3. The zero-order valence-electron chi connectivity index (χ0n) is 19.0. The Morgan fingerprint density at radius 1 is 0.824 bits per heavy atom. The van der Waals surface area contributed by atoms with Crippen molar-refractivity contribution in [2.24, 2.45) is 0 Å². The number of hydrogen-bond donors (Lipinski definition) is 0. The maximum atomic E-state index is 13.2. The molecule has 0 N–H and O–H groups in total. The van der Waals surface area contributed by atoms with Crippen LogP contribution in [0.2, 0.25) is 5.02 Å². The molecule has 0 aromatic heterocycles. The van der Waals surface area contributed by atoms with E-state index in [-0.39, 0.29) is 17.4 Å². The SMILES string of the molecule is Cc1ccc(N2C(=O)c3ccc(C(=O)N4CCN(c5cccc(Cl)c5C)CC4)cc3C2=O)cc1. The van der Waals surface area contributed by atoms with Crippen LogP contribution in [0.25, 0.3) is 0 Å². The van der Waals surface area contributed by atoms with Crippen molar-refractivity contribution in [3.63, 3.8) is 0 Å². The predicted molar refractivity (Wildman–Crippen MR) is 133 cm³/mol. The van der Waals surface area contributed by atoms with E-state index in [2.05, 4.69) is 4.90 Å². The van der Waals surface area contributed by atoms with Gasteiger partial charge in [-0.05, 0) is 61.9 Å². The number of hydrogen-bond acceptors (Lipinski definition) is 4. The van der Waals surface area contributed by atoms with Crippen molar-refractivity contribution in [2.45, 2.75) is 13.8 Å². The maximum absolute atomic E-state index is 13.2. The highest BCUT2D eigenvalue weighted by atomic mass is 35.5. The summed E-state index contributed by atoms with van der Waals surface area (Å²) in [7, 11) is 0. The Balaban J connectivity index is 1.32. The molecule has 34 heavy (non-hydrogen) atoms. The van der Waals surface area contributed by atoms with Crippen LogP contribution >= 0.6 is 11.6 Å². The first-order chi connectivity index (χ1) is 16.3. The summed E-state index contributed by atoms with van der Waals surface area (Å²) in [6.07, 6.45) is 0. The molecule has 3 aromatic rings. The molecule has 0 unspecified atom stereocenters. The molecule has 0 saturated carbocycles. The van der Waals surface area contributed by atoms with Crippen LogP contribution in [0.3, 0.4) is 0 Å². The van der Waals surface area contributed by atoms with Gasteiger partial charge in [-0.25, -0.2) is 4.90 Å². The van der Waals surface area contributed by atoms with Gasteiger partial charge in [-0.3, -0.25) is 14.4 Å². The van der Waals surface area contributed by atoms with Gasteiger partial charge in [-0.15, -0.1) is 0 Å². The number of imide groups is 1. The topological polar surface area (TPSA) is 60.9 Å². The van der Waals surface area contributed by atoms with Gasteiger partial charge >= 0.3 is 0 Å². The fourth-order valence-corrected chi connectivity index (χ4v) is 4.74. The van der Waals surface area contributed by atoms with Gasteiger partial charge in [0.2, 0.25) is 0 Å². The first-order valence-electron chi connectivity index (χ1n) is 11.2. The fraction of sp³-hybridized carbons (Fsp3) is 0.222. The largest absolute Gasteiger partial charge is 0.368 e. The zero-order valence-corrected chi connectivity index (χ0v) is 19.8. The van der Waals surface area contributed by atoms with Crippen LogP contribution in [-0.2, 0) is 0 Å². The van der Waals surface area contributed by atoms with E-state index in [1.807, 2.05) is 44.2 Å². The Hall–Kier alpha value is -3.64. The number of amides is 3. The average molecular weight is 474 g/mol. The number of aryl methyl sites for hydroxylation is 1. The zero-order chi connectivity index (χ0) is 24.0. The number of piperazine rings is 1. The lowest BCUT2D eigenvalue weighted by Gasteiger charge is -2.37. The minimum atomic E-state index is -0.403. The molecule has 0 radical (unpaired) electrons. The summed E-state index contributed by atoms with van der Waals surface area (Å²) in [5.41, 5.74) is 4.68. The van der Waals surface area contributed by atoms with Gasteiger partial charge in [0.15, 0.2) is 0 Å². The van der Waals surface area contributed by atoms with Crippen molar-refractivity contribution >= 4 is 40.7 Å².